The van der Waals surface area contributed by atoms with Gasteiger partial charge in [-0.25, -0.2) is 9.97 Å². The Balaban J connectivity index is 2.63. The molecule has 2 N–H and O–H groups in total. The fraction of sp³-hybridized carbons (Fsp3) is 0.667. The first-order valence-corrected chi connectivity index (χ1v) is 6.03. The average Bonchev–Trinajstić information content (AvgIpc) is 2.30. The summed E-state index contributed by atoms with van der Waals surface area (Å²) >= 11 is 0. The van der Waals surface area contributed by atoms with E-state index in [4.69, 9.17) is 10.5 Å². The standard InChI is InChI=1S/C12H22N4O/c1-4-16(5-2)7-6-12-14-10(9-17-3)8-11(13)15-12/h8H,4-7,9H2,1-3H3,(H2,13,14,15). The molecule has 0 saturated carbocycles. The van der Waals surface area contributed by atoms with Gasteiger partial charge in [0, 0.05) is 26.1 Å². The smallest absolute Gasteiger partial charge is 0.132 e. The van der Waals surface area contributed by atoms with E-state index in [1.165, 1.54) is 0 Å². The molecule has 0 amide bonds. The molecule has 0 bridgehead atoms. The van der Waals surface area contributed by atoms with Gasteiger partial charge in [0.25, 0.3) is 0 Å². The monoisotopic (exact) mass is 238 g/mol. The van der Waals surface area contributed by atoms with Crippen molar-refractivity contribution in [2.24, 2.45) is 0 Å². The lowest BCUT2D eigenvalue weighted by molar-refractivity contribution is 0.181. The Bertz CT molecular complexity index is 339. The highest BCUT2D eigenvalue weighted by Crippen LogP contribution is 2.05. The summed E-state index contributed by atoms with van der Waals surface area (Å²) in [4.78, 5) is 11.0. The zero-order valence-electron chi connectivity index (χ0n) is 10.9. The molecule has 0 fully saturated rings. The van der Waals surface area contributed by atoms with Gasteiger partial charge in [0.15, 0.2) is 0 Å². The third-order valence-corrected chi connectivity index (χ3v) is 2.68. The van der Waals surface area contributed by atoms with Gasteiger partial charge in [-0.2, -0.15) is 0 Å². The molecule has 1 aromatic heterocycles. The Morgan fingerprint density at radius 3 is 2.59 bits per heavy atom. The molecular weight excluding hydrogens is 216 g/mol. The minimum Gasteiger partial charge on any atom is -0.384 e. The van der Waals surface area contributed by atoms with Crippen molar-refractivity contribution in [2.45, 2.75) is 26.9 Å². The summed E-state index contributed by atoms with van der Waals surface area (Å²) in [7, 11) is 1.65. The highest BCUT2D eigenvalue weighted by atomic mass is 16.5. The molecule has 0 atom stereocenters. The molecule has 1 aromatic rings. The number of likely N-dealkylation sites (N-methyl/N-ethyl adjacent to an activating group) is 1. The molecule has 17 heavy (non-hydrogen) atoms. The maximum Gasteiger partial charge on any atom is 0.132 e. The number of rotatable bonds is 7. The van der Waals surface area contributed by atoms with Crippen molar-refractivity contribution >= 4 is 5.82 Å². The van der Waals surface area contributed by atoms with Gasteiger partial charge in [-0.05, 0) is 13.1 Å². The van der Waals surface area contributed by atoms with E-state index in [0.29, 0.717) is 12.4 Å². The average molecular weight is 238 g/mol. The minimum absolute atomic E-state index is 0.477. The van der Waals surface area contributed by atoms with Gasteiger partial charge in [-0.15, -0.1) is 0 Å². The SMILES string of the molecule is CCN(CC)CCc1nc(N)cc(COC)n1. The molecule has 0 radical (unpaired) electrons. The number of nitrogen functional groups attached to an aromatic ring is 1. The van der Waals surface area contributed by atoms with Crippen molar-refractivity contribution in [3.05, 3.63) is 17.6 Å². The summed E-state index contributed by atoms with van der Waals surface area (Å²) < 4.78 is 5.05. The zero-order valence-corrected chi connectivity index (χ0v) is 10.9. The number of nitrogens with two attached hydrogens (primary N) is 1. The molecule has 0 spiro atoms. The molecular formula is C12H22N4O. The van der Waals surface area contributed by atoms with Gasteiger partial charge >= 0.3 is 0 Å². The second kappa shape index (κ2) is 7.19. The van der Waals surface area contributed by atoms with Crippen LogP contribution < -0.4 is 5.73 Å². The van der Waals surface area contributed by atoms with Crippen molar-refractivity contribution in [1.82, 2.24) is 14.9 Å². The van der Waals surface area contributed by atoms with Gasteiger partial charge in [0.1, 0.15) is 11.6 Å². The Morgan fingerprint density at radius 1 is 1.29 bits per heavy atom. The fourth-order valence-corrected chi connectivity index (χ4v) is 1.71. The Labute approximate surface area is 103 Å². The summed E-state index contributed by atoms with van der Waals surface area (Å²) in [6.45, 7) is 7.83. The molecule has 0 aromatic carbocycles. The number of hydrogen-bond acceptors (Lipinski definition) is 5. The highest BCUT2D eigenvalue weighted by molar-refractivity contribution is 5.29. The van der Waals surface area contributed by atoms with Crippen molar-refractivity contribution in [1.29, 1.82) is 0 Å². The summed E-state index contributed by atoms with van der Waals surface area (Å²) in [5.41, 5.74) is 6.58. The number of ether oxygens (including phenoxy) is 1. The van der Waals surface area contributed by atoms with Crippen LogP contribution in [0.1, 0.15) is 25.4 Å². The van der Waals surface area contributed by atoms with Crippen molar-refractivity contribution < 1.29 is 4.74 Å². The summed E-state index contributed by atoms with van der Waals surface area (Å²) in [6.07, 6.45) is 0.823. The third kappa shape index (κ3) is 4.66. The molecule has 5 heteroatoms. The van der Waals surface area contributed by atoms with Gasteiger partial charge in [0.05, 0.1) is 12.3 Å². The van der Waals surface area contributed by atoms with E-state index < -0.39 is 0 Å². The second-order valence-corrected chi connectivity index (χ2v) is 3.91. The maximum atomic E-state index is 5.74. The van der Waals surface area contributed by atoms with Crippen molar-refractivity contribution in [2.75, 3.05) is 32.5 Å². The van der Waals surface area contributed by atoms with E-state index in [-0.39, 0.29) is 0 Å². The first-order valence-electron chi connectivity index (χ1n) is 6.03. The zero-order chi connectivity index (χ0) is 12.7. The van der Waals surface area contributed by atoms with E-state index in [1.807, 2.05) is 0 Å². The van der Waals surface area contributed by atoms with E-state index in [2.05, 4.69) is 28.7 Å². The first-order chi connectivity index (χ1) is 8.19. The fourth-order valence-electron chi connectivity index (χ4n) is 1.71. The third-order valence-electron chi connectivity index (χ3n) is 2.68. The van der Waals surface area contributed by atoms with Crippen LogP contribution in [0.2, 0.25) is 0 Å². The van der Waals surface area contributed by atoms with E-state index in [0.717, 1.165) is 37.6 Å². The van der Waals surface area contributed by atoms with E-state index in [1.54, 1.807) is 13.2 Å². The predicted octanol–water partition coefficient (Wildman–Crippen LogP) is 1.09. The predicted molar refractivity (Wildman–Crippen MR) is 68.6 cm³/mol. The number of methoxy groups -OCH3 is 1. The normalized spacial score (nSPS) is 11.1. The number of anilines is 1. The van der Waals surface area contributed by atoms with Gasteiger partial charge < -0.3 is 15.4 Å². The lowest BCUT2D eigenvalue weighted by Gasteiger charge is -2.17. The molecule has 0 aliphatic heterocycles. The van der Waals surface area contributed by atoms with Crippen LogP contribution in [0, 0.1) is 0 Å². The van der Waals surface area contributed by atoms with Gasteiger partial charge in [-0.3, -0.25) is 0 Å². The van der Waals surface area contributed by atoms with Crippen LogP contribution in [0.5, 0.6) is 0 Å². The molecule has 1 rings (SSSR count). The molecule has 5 nitrogen and oxygen atoms in total. The quantitative estimate of drug-likeness (QED) is 0.770. The molecule has 0 aliphatic carbocycles. The van der Waals surface area contributed by atoms with Crippen molar-refractivity contribution in [3.63, 3.8) is 0 Å². The van der Waals surface area contributed by atoms with Crippen LogP contribution in [0.3, 0.4) is 0 Å². The number of nitrogens with zero attached hydrogens (tertiary/aromatic N) is 3. The van der Waals surface area contributed by atoms with Gasteiger partial charge in [-0.1, -0.05) is 13.8 Å². The molecule has 1 heterocycles. The van der Waals surface area contributed by atoms with Crippen LogP contribution in [0.25, 0.3) is 0 Å². The highest BCUT2D eigenvalue weighted by Gasteiger charge is 2.05. The Hall–Kier alpha value is -1.20. The number of hydrogen-bond donors (Lipinski definition) is 1. The summed E-state index contributed by atoms with van der Waals surface area (Å²) in [5, 5.41) is 0. The molecule has 0 saturated heterocycles. The lowest BCUT2D eigenvalue weighted by atomic mass is 10.3. The summed E-state index contributed by atoms with van der Waals surface area (Å²) in [6, 6.07) is 1.75. The second-order valence-electron chi connectivity index (χ2n) is 3.91. The van der Waals surface area contributed by atoms with E-state index in [9.17, 15) is 0 Å². The molecule has 0 aliphatic rings. The molecule has 96 valence electrons. The van der Waals surface area contributed by atoms with Crippen LogP contribution >= 0.6 is 0 Å². The van der Waals surface area contributed by atoms with Crippen LogP contribution in [-0.2, 0) is 17.8 Å². The van der Waals surface area contributed by atoms with Crippen LogP contribution in [0.15, 0.2) is 6.07 Å². The lowest BCUT2D eigenvalue weighted by Crippen LogP contribution is -2.26. The minimum atomic E-state index is 0.477. The maximum absolute atomic E-state index is 5.74. The van der Waals surface area contributed by atoms with Crippen LogP contribution in [-0.4, -0.2) is 41.6 Å². The Kier molecular flexibility index (Phi) is 5.86. The van der Waals surface area contributed by atoms with Crippen LogP contribution in [0.4, 0.5) is 5.82 Å². The first kappa shape index (κ1) is 13.9. The Morgan fingerprint density at radius 2 is 2.00 bits per heavy atom. The topological polar surface area (TPSA) is 64.3 Å². The largest absolute Gasteiger partial charge is 0.384 e. The van der Waals surface area contributed by atoms with E-state index >= 15 is 0 Å². The molecule has 0 unspecified atom stereocenters. The summed E-state index contributed by atoms with van der Waals surface area (Å²) in [5.74, 6) is 1.31. The van der Waals surface area contributed by atoms with Gasteiger partial charge in [0.2, 0.25) is 0 Å². The van der Waals surface area contributed by atoms with Crippen molar-refractivity contribution in [3.8, 4) is 0 Å². The number of aromatic nitrogens is 2.